The van der Waals surface area contributed by atoms with E-state index in [1.807, 2.05) is 0 Å². The third kappa shape index (κ3) is 4.88. The van der Waals surface area contributed by atoms with Gasteiger partial charge < -0.3 is 5.11 Å². The van der Waals surface area contributed by atoms with Crippen LogP contribution in [0.25, 0.3) is 10.8 Å². The molecule has 0 saturated heterocycles. The summed E-state index contributed by atoms with van der Waals surface area (Å²) < 4.78 is 59.2. The molecule has 0 aliphatic rings. The lowest BCUT2D eigenvalue weighted by molar-refractivity contribution is -0.384. The molecule has 0 aromatic heterocycles. The van der Waals surface area contributed by atoms with Crippen molar-refractivity contribution in [3.63, 3.8) is 0 Å². The summed E-state index contributed by atoms with van der Waals surface area (Å²) in [5, 5.41) is 30.3. The van der Waals surface area contributed by atoms with Gasteiger partial charge in [-0.15, -0.1) is 10.2 Å². The van der Waals surface area contributed by atoms with Gasteiger partial charge in [-0.05, 0) is 31.2 Å². The van der Waals surface area contributed by atoms with Crippen molar-refractivity contribution in [1.82, 2.24) is 0 Å². The van der Waals surface area contributed by atoms with Gasteiger partial charge in [-0.2, -0.15) is 8.42 Å². The number of nitro groups is 1. The lowest BCUT2D eigenvalue weighted by Crippen LogP contribution is -2.24. The standard InChI is InChI=1S/C18H15N3O9S2/c1-11(30-32(27,28)29)31(25,26)12-6-7-16(17(10-12)21(23)24)20-19-15-8-9-18(22)14-5-3-2-4-13(14)15/h2-11,22H,1H3,(H,27,28,29). The van der Waals surface area contributed by atoms with Crippen molar-refractivity contribution in [3.05, 3.63) is 64.7 Å². The molecule has 1 atom stereocenters. The Hall–Kier alpha value is -3.46. The molecule has 0 saturated carbocycles. The largest absolute Gasteiger partial charge is 0.507 e. The summed E-state index contributed by atoms with van der Waals surface area (Å²) in [5.41, 5.74) is -2.71. The number of hydrogen-bond acceptors (Lipinski definition) is 10. The molecule has 0 heterocycles. The minimum atomic E-state index is -5.07. The number of rotatable bonds is 7. The van der Waals surface area contributed by atoms with E-state index in [1.165, 1.54) is 12.1 Å². The molecule has 14 heteroatoms. The maximum Gasteiger partial charge on any atom is 0.398 e. The summed E-state index contributed by atoms with van der Waals surface area (Å²) in [7, 11) is -9.59. The maximum absolute atomic E-state index is 12.5. The fraction of sp³-hybridized carbons (Fsp3) is 0.111. The van der Waals surface area contributed by atoms with Crippen molar-refractivity contribution in [2.45, 2.75) is 17.3 Å². The average molecular weight is 481 g/mol. The van der Waals surface area contributed by atoms with Crippen LogP contribution in [0.1, 0.15) is 6.92 Å². The van der Waals surface area contributed by atoms with E-state index in [9.17, 15) is 32.1 Å². The van der Waals surface area contributed by atoms with Crippen LogP contribution in [-0.4, -0.2) is 36.9 Å². The Kier molecular flexibility index (Phi) is 6.23. The van der Waals surface area contributed by atoms with Gasteiger partial charge in [0, 0.05) is 16.8 Å². The minimum absolute atomic E-state index is 0.0151. The molecule has 0 fully saturated rings. The van der Waals surface area contributed by atoms with Crippen LogP contribution >= 0.6 is 0 Å². The van der Waals surface area contributed by atoms with Gasteiger partial charge in [0.15, 0.2) is 11.1 Å². The Labute approximate surface area is 181 Å². The number of phenols is 1. The van der Waals surface area contributed by atoms with Crippen LogP contribution in [0.5, 0.6) is 5.75 Å². The van der Waals surface area contributed by atoms with E-state index in [1.54, 1.807) is 24.3 Å². The fourth-order valence-corrected chi connectivity index (χ4v) is 4.76. The number of azo groups is 1. The summed E-state index contributed by atoms with van der Waals surface area (Å²) >= 11 is 0. The number of aromatic hydroxyl groups is 1. The molecular weight excluding hydrogens is 466 g/mol. The normalized spacial score (nSPS) is 13.4. The first-order valence-electron chi connectivity index (χ1n) is 8.70. The van der Waals surface area contributed by atoms with Crippen LogP contribution in [0, 0.1) is 10.1 Å². The Balaban J connectivity index is 2.03. The SMILES string of the molecule is CC(OS(=O)(=O)O)S(=O)(=O)c1ccc(N=Nc2ccc(O)c3ccccc23)c([N+](=O)[O-])c1. The highest BCUT2D eigenvalue weighted by Crippen LogP contribution is 2.36. The number of phenolic OH excluding ortho intramolecular Hbond substituents is 1. The lowest BCUT2D eigenvalue weighted by Gasteiger charge is -2.11. The molecule has 3 rings (SSSR count). The summed E-state index contributed by atoms with van der Waals surface area (Å²) in [5.74, 6) is 0.0151. The first-order chi connectivity index (χ1) is 14.9. The molecule has 0 aliphatic carbocycles. The van der Waals surface area contributed by atoms with Crippen LogP contribution in [0.2, 0.25) is 0 Å². The van der Waals surface area contributed by atoms with Crippen molar-refractivity contribution in [1.29, 1.82) is 0 Å². The molecule has 2 N–H and O–H groups in total. The van der Waals surface area contributed by atoms with Gasteiger partial charge in [0.25, 0.3) is 5.69 Å². The van der Waals surface area contributed by atoms with Crippen LogP contribution in [0.3, 0.4) is 0 Å². The molecule has 0 spiro atoms. The van der Waals surface area contributed by atoms with Crippen molar-refractivity contribution >= 4 is 48.1 Å². The smallest absolute Gasteiger partial charge is 0.398 e. The molecule has 0 radical (unpaired) electrons. The number of nitrogens with zero attached hydrogens (tertiary/aromatic N) is 3. The first-order valence-corrected chi connectivity index (χ1v) is 11.6. The highest BCUT2D eigenvalue weighted by atomic mass is 32.3. The third-order valence-electron chi connectivity index (χ3n) is 4.31. The van der Waals surface area contributed by atoms with Crippen LogP contribution in [-0.2, 0) is 24.4 Å². The Morgan fingerprint density at radius 2 is 1.56 bits per heavy atom. The Morgan fingerprint density at radius 1 is 0.969 bits per heavy atom. The molecular formula is C18H15N3O9S2. The van der Waals surface area contributed by atoms with E-state index in [-0.39, 0.29) is 11.4 Å². The van der Waals surface area contributed by atoms with E-state index in [0.717, 1.165) is 19.1 Å². The predicted molar refractivity (Wildman–Crippen MR) is 112 cm³/mol. The zero-order valence-corrected chi connectivity index (χ0v) is 17.8. The highest BCUT2D eigenvalue weighted by molar-refractivity contribution is 7.92. The number of hydrogen-bond donors (Lipinski definition) is 2. The topological polar surface area (TPSA) is 186 Å². The van der Waals surface area contributed by atoms with Crippen LogP contribution < -0.4 is 0 Å². The number of benzene rings is 3. The van der Waals surface area contributed by atoms with Crippen molar-refractivity contribution in [2.75, 3.05) is 0 Å². The number of fused-ring (bicyclic) bond motifs is 1. The van der Waals surface area contributed by atoms with Gasteiger partial charge in [-0.1, -0.05) is 24.3 Å². The monoisotopic (exact) mass is 481 g/mol. The van der Waals surface area contributed by atoms with Gasteiger partial charge in [0.2, 0.25) is 9.84 Å². The van der Waals surface area contributed by atoms with Crippen molar-refractivity contribution in [3.8, 4) is 5.75 Å². The third-order valence-corrected chi connectivity index (χ3v) is 6.84. The summed E-state index contributed by atoms with van der Waals surface area (Å²) in [4.78, 5) is 9.98. The Bertz CT molecular complexity index is 1450. The minimum Gasteiger partial charge on any atom is -0.507 e. The van der Waals surface area contributed by atoms with Crippen molar-refractivity contribution in [2.24, 2.45) is 10.2 Å². The highest BCUT2D eigenvalue weighted by Gasteiger charge is 2.30. The van der Waals surface area contributed by atoms with Gasteiger partial charge in [-0.25, -0.2) is 12.6 Å². The van der Waals surface area contributed by atoms with Crippen LogP contribution in [0.4, 0.5) is 17.1 Å². The summed E-state index contributed by atoms with van der Waals surface area (Å²) in [6, 6.07) is 12.3. The molecule has 0 aliphatic heterocycles. The van der Waals surface area contributed by atoms with Gasteiger partial charge in [0.1, 0.15) is 5.75 Å². The van der Waals surface area contributed by atoms with E-state index in [0.29, 0.717) is 22.5 Å². The van der Waals surface area contributed by atoms with E-state index >= 15 is 0 Å². The predicted octanol–water partition coefficient (Wildman–Crippen LogP) is 3.81. The van der Waals surface area contributed by atoms with E-state index in [4.69, 9.17) is 4.55 Å². The summed E-state index contributed by atoms with van der Waals surface area (Å²) in [6.45, 7) is 0.846. The zero-order valence-electron chi connectivity index (χ0n) is 16.2. The molecule has 12 nitrogen and oxygen atoms in total. The van der Waals surface area contributed by atoms with Crippen LogP contribution in [0.15, 0.2) is 69.7 Å². The number of sulfone groups is 1. The molecule has 0 bridgehead atoms. The maximum atomic E-state index is 12.5. The van der Waals surface area contributed by atoms with Gasteiger partial charge in [-0.3, -0.25) is 14.7 Å². The van der Waals surface area contributed by atoms with Gasteiger partial charge in [0.05, 0.1) is 15.5 Å². The molecule has 168 valence electrons. The second kappa shape index (κ2) is 8.58. The second-order valence-electron chi connectivity index (χ2n) is 6.39. The average Bonchev–Trinajstić information content (AvgIpc) is 2.72. The summed E-state index contributed by atoms with van der Waals surface area (Å²) in [6.07, 6.45) is 0. The molecule has 0 amide bonds. The Morgan fingerprint density at radius 3 is 2.19 bits per heavy atom. The quantitative estimate of drug-likeness (QED) is 0.219. The molecule has 32 heavy (non-hydrogen) atoms. The molecule has 3 aromatic carbocycles. The van der Waals surface area contributed by atoms with E-state index < -0.39 is 41.2 Å². The molecule has 1 unspecified atom stereocenters. The first kappa shape index (κ1) is 23.2. The second-order valence-corrected chi connectivity index (χ2v) is 9.67. The lowest BCUT2D eigenvalue weighted by atomic mass is 10.1. The number of nitro benzene ring substituents is 1. The zero-order chi connectivity index (χ0) is 23.7. The van der Waals surface area contributed by atoms with Crippen molar-refractivity contribution < 1.29 is 35.6 Å². The van der Waals surface area contributed by atoms with Gasteiger partial charge >= 0.3 is 10.4 Å². The van der Waals surface area contributed by atoms with E-state index in [2.05, 4.69) is 14.4 Å². The molecule has 3 aromatic rings. The fourth-order valence-electron chi connectivity index (χ4n) is 2.79.